The summed E-state index contributed by atoms with van der Waals surface area (Å²) in [6, 6.07) is 16.2. The molecule has 2 aromatic rings. The van der Waals surface area contributed by atoms with Crippen molar-refractivity contribution in [3.05, 3.63) is 59.7 Å². The molecule has 0 saturated carbocycles. The molecule has 0 aromatic heterocycles. The number of carbonyl (C=O) groups is 3. The fourth-order valence-corrected chi connectivity index (χ4v) is 4.34. The van der Waals surface area contributed by atoms with Gasteiger partial charge in [0.1, 0.15) is 19.3 Å². The van der Waals surface area contributed by atoms with Gasteiger partial charge >= 0.3 is 12.1 Å². The van der Waals surface area contributed by atoms with Gasteiger partial charge in [-0.1, -0.05) is 62.4 Å². The third-order valence-electron chi connectivity index (χ3n) is 5.80. The maximum absolute atomic E-state index is 12.7. The maximum atomic E-state index is 12.7. The van der Waals surface area contributed by atoms with E-state index in [0.717, 1.165) is 22.3 Å². The van der Waals surface area contributed by atoms with E-state index in [2.05, 4.69) is 29.6 Å². The van der Waals surface area contributed by atoms with Crippen LogP contribution in [0.5, 0.6) is 0 Å². The first kappa shape index (κ1) is 25.2. The lowest BCUT2D eigenvalue weighted by Gasteiger charge is -2.26. The summed E-state index contributed by atoms with van der Waals surface area (Å²) in [6.45, 7) is 4.09. The van der Waals surface area contributed by atoms with Gasteiger partial charge in [-0.25, -0.2) is 4.79 Å². The van der Waals surface area contributed by atoms with Crippen LogP contribution in [0.2, 0.25) is 0 Å². The number of methoxy groups -OCH3 is 1. The Kier molecular flexibility index (Phi) is 8.65. The highest BCUT2D eigenvalue weighted by molar-refractivity contribution is 5.84. The average molecular weight is 469 g/mol. The molecule has 8 nitrogen and oxygen atoms in total. The lowest BCUT2D eigenvalue weighted by Crippen LogP contribution is -2.45. The molecule has 1 aliphatic carbocycles. The minimum Gasteiger partial charge on any atom is -0.480 e. The lowest BCUT2D eigenvalue weighted by molar-refractivity contribution is -0.150. The van der Waals surface area contributed by atoms with Gasteiger partial charge in [-0.2, -0.15) is 0 Å². The van der Waals surface area contributed by atoms with E-state index in [4.69, 9.17) is 14.6 Å². The van der Waals surface area contributed by atoms with Crippen LogP contribution in [-0.2, 0) is 19.1 Å². The second kappa shape index (κ2) is 11.7. The lowest BCUT2D eigenvalue weighted by atomic mass is 9.98. The molecule has 0 radical (unpaired) electrons. The molecule has 0 saturated heterocycles. The number of carboxylic acids is 1. The van der Waals surface area contributed by atoms with Crippen molar-refractivity contribution in [2.75, 3.05) is 33.4 Å². The Morgan fingerprint density at radius 3 is 2.15 bits per heavy atom. The first-order valence-corrected chi connectivity index (χ1v) is 11.4. The molecule has 1 atom stereocenters. The van der Waals surface area contributed by atoms with Crippen molar-refractivity contribution in [2.45, 2.75) is 32.3 Å². The number of alkyl carbamates (subject to hydrolysis) is 1. The molecule has 2 amide bonds. The quantitative estimate of drug-likeness (QED) is 0.523. The molecule has 0 heterocycles. The predicted octanol–water partition coefficient (Wildman–Crippen LogP) is 3.50. The van der Waals surface area contributed by atoms with Gasteiger partial charge in [-0.05, 0) is 28.2 Å². The van der Waals surface area contributed by atoms with E-state index in [1.807, 2.05) is 38.1 Å². The minimum absolute atomic E-state index is 0.0351. The Morgan fingerprint density at radius 1 is 1.03 bits per heavy atom. The van der Waals surface area contributed by atoms with Crippen LogP contribution in [0.25, 0.3) is 11.1 Å². The molecule has 8 heteroatoms. The third-order valence-corrected chi connectivity index (χ3v) is 5.80. The number of fused-ring (bicyclic) bond motifs is 3. The first-order valence-electron chi connectivity index (χ1n) is 11.4. The molecule has 2 aromatic carbocycles. The average Bonchev–Trinajstić information content (AvgIpc) is 3.13. The van der Waals surface area contributed by atoms with Crippen LogP contribution in [0, 0.1) is 5.92 Å². The molecule has 0 aliphatic heterocycles. The molecule has 0 bridgehead atoms. The molecule has 3 rings (SSSR count). The number of nitrogens with zero attached hydrogens (tertiary/aromatic N) is 1. The summed E-state index contributed by atoms with van der Waals surface area (Å²) < 4.78 is 10.8. The Labute approximate surface area is 199 Å². The monoisotopic (exact) mass is 468 g/mol. The van der Waals surface area contributed by atoms with Crippen molar-refractivity contribution in [1.29, 1.82) is 0 Å². The van der Waals surface area contributed by atoms with Crippen LogP contribution in [0.3, 0.4) is 0 Å². The molecule has 0 fully saturated rings. The topological polar surface area (TPSA) is 105 Å². The summed E-state index contributed by atoms with van der Waals surface area (Å²) in [5.41, 5.74) is 4.57. The van der Waals surface area contributed by atoms with E-state index in [9.17, 15) is 14.4 Å². The van der Waals surface area contributed by atoms with Crippen molar-refractivity contribution in [2.24, 2.45) is 5.92 Å². The molecular formula is C26H32N2O6. The number of hydrogen-bond acceptors (Lipinski definition) is 5. The van der Waals surface area contributed by atoms with Gasteiger partial charge in [0.05, 0.1) is 0 Å². The smallest absolute Gasteiger partial charge is 0.407 e. The zero-order chi connectivity index (χ0) is 24.7. The van der Waals surface area contributed by atoms with Crippen molar-refractivity contribution in [3.63, 3.8) is 0 Å². The normalized spacial score (nSPS) is 13.2. The van der Waals surface area contributed by atoms with Gasteiger partial charge < -0.3 is 24.8 Å². The van der Waals surface area contributed by atoms with E-state index in [1.54, 1.807) is 0 Å². The zero-order valence-electron chi connectivity index (χ0n) is 19.8. The summed E-state index contributed by atoms with van der Waals surface area (Å²) in [6.07, 6.45) is -1.23. The predicted molar refractivity (Wildman–Crippen MR) is 128 cm³/mol. The zero-order valence-corrected chi connectivity index (χ0v) is 19.8. The number of benzene rings is 2. The molecule has 0 spiro atoms. The van der Waals surface area contributed by atoms with Crippen molar-refractivity contribution in [3.8, 4) is 11.1 Å². The highest BCUT2D eigenvalue weighted by Crippen LogP contribution is 2.44. The van der Waals surface area contributed by atoms with Crippen molar-refractivity contribution >= 4 is 18.0 Å². The van der Waals surface area contributed by atoms with Gasteiger partial charge in [0.15, 0.2) is 0 Å². The number of amides is 2. The van der Waals surface area contributed by atoms with Crippen LogP contribution in [-0.4, -0.2) is 67.4 Å². The fraction of sp³-hybridized carbons (Fsp3) is 0.423. The Hall–Kier alpha value is -3.39. The molecular weight excluding hydrogens is 436 g/mol. The van der Waals surface area contributed by atoms with Gasteiger partial charge in [0, 0.05) is 32.5 Å². The molecule has 182 valence electrons. The summed E-state index contributed by atoms with van der Waals surface area (Å²) in [7, 11) is 1.39. The highest BCUT2D eigenvalue weighted by atomic mass is 16.5. The summed E-state index contributed by atoms with van der Waals surface area (Å²) in [5, 5.41) is 11.8. The van der Waals surface area contributed by atoms with E-state index < -0.39 is 30.6 Å². The summed E-state index contributed by atoms with van der Waals surface area (Å²) in [5.74, 6) is -1.42. The van der Waals surface area contributed by atoms with Gasteiger partial charge in [0.2, 0.25) is 0 Å². The molecule has 34 heavy (non-hydrogen) atoms. The van der Waals surface area contributed by atoms with E-state index in [-0.39, 0.29) is 31.4 Å². The summed E-state index contributed by atoms with van der Waals surface area (Å²) in [4.78, 5) is 37.5. The number of aliphatic carboxylic acids is 1. The second-order valence-electron chi connectivity index (χ2n) is 8.77. The molecule has 1 aliphatic rings. The van der Waals surface area contributed by atoms with Gasteiger partial charge in [0.25, 0.3) is 5.91 Å². The van der Waals surface area contributed by atoms with Gasteiger partial charge in [-0.3, -0.25) is 9.59 Å². The molecule has 2 N–H and O–H groups in total. The van der Waals surface area contributed by atoms with Crippen LogP contribution in [0.4, 0.5) is 4.79 Å². The first-order chi connectivity index (χ1) is 16.3. The largest absolute Gasteiger partial charge is 0.480 e. The van der Waals surface area contributed by atoms with Crippen LogP contribution in [0.15, 0.2) is 48.5 Å². The number of rotatable bonds is 11. The Balaban J connectivity index is 1.52. The third kappa shape index (κ3) is 6.14. The number of hydrogen-bond donors (Lipinski definition) is 2. The van der Waals surface area contributed by atoms with E-state index in [1.165, 1.54) is 12.0 Å². The SMILES string of the molecule is COC(CCNC(=O)OCC1c2ccccc2-c2ccccc21)C(=O)N(CC(=O)O)CC(C)C. The minimum atomic E-state index is -1.08. The number of carbonyl (C=O) groups excluding carboxylic acids is 2. The van der Waals surface area contributed by atoms with Crippen LogP contribution < -0.4 is 5.32 Å². The Bertz CT molecular complexity index is 976. The van der Waals surface area contributed by atoms with Crippen LogP contribution in [0.1, 0.15) is 37.3 Å². The molecule has 1 unspecified atom stereocenters. The number of ether oxygens (including phenoxy) is 2. The van der Waals surface area contributed by atoms with Crippen molar-refractivity contribution < 1.29 is 29.0 Å². The highest BCUT2D eigenvalue weighted by Gasteiger charge is 2.29. The van der Waals surface area contributed by atoms with Gasteiger partial charge in [-0.15, -0.1) is 0 Å². The standard InChI is InChI=1S/C26H32N2O6/c1-17(2)14-28(15-24(29)30)25(31)23(33-3)12-13-27-26(32)34-16-22-20-10-6-4-8-18(20)19-9-5-7-11-21(19)22/h4-11,17,22-23H,12-16H2,1-3H3,(H,27,32)(H,29,30). The maximum Gasteiger partial charge on any atom is 0.407 e. The van der Waals surface area contributed by atoms with E-state index in [0.29, 0.717) is 6.54 Å². The summed E-state index contributed by atoms with van der Waals surface area (Å²) >= 11 is 0. The fourth-order valence-electron chi connectivity index (χ4n) is 4.34. The number of carboxylic acid groups (broad SMARTS) is 1. The second-order valence-corrected chi connectivity index (χ2v) is 8.77. The van der Waals surface area contributed by atoms with Crippen LogP contribution >= 0.6 is 0 Å². The van der Waals surface area contributed by atoms with Crippen molar-refractivity contribution in [1.82, 2.24) is 10.2 Å². The number of nitrogens with one attached hydrogen (secondary N) is 1. The Morgan fingerprint density at radius 2 is 1.62 bits per heavy atom. The van der Waals surface area contributed by atoms with E-state index >= 15 is 0 Å².